The Morgan fingerprint density at radius 3 is 2.76 bits per heavy atom. The molecule has 1 aliphatic heterocycles. The molecule has 0 unspecified atom stereocenters. The van der Waals surface area contributed by atoms with Crippen molar-refractivity contribution in [1.29, 1.82) is 0 Å². The minimum Gasteiger partial charge on any atom is -0.354 e. The first kappa shape index (κ1) is 14.5. The molecule has 0 aromatic heterocycles. The number of hydrogen-bond acceptors (Lipinski definition) is 2. The Kier molecular flexibility index (Phi) is 5.96. The molecule has 1 aliphatic rings. The number of rotatable bonds is 7. The standard InChI is InChI=1S/C14H28N2O/c1-4-5-6-9-14(2,3)11-16-13(17)12-8-7-10-15-12/h12,15H,4-11H2,1-3H3,(H,16,17)/t12-/m0/s1. The Hall–Kier alpha value is -0.570. The Morgan fingerprint density at radius 1 is 1.41 bits per heavy atom. The molecule has 3 heteroatoms. The lowest BCUT2D eigenvalue weighted by Gasteiger charge is -2.25. The summed E-state index contributed by atoms with van der Waals surface area (Å²) in [4.78, 5) is 11.8. The number of carbonyl (C=O) groups excluding carboxylic acids is 1. The fourth-order valence-electron chi connectivity index (χ4n) is 2.30. The predicted molar refractivity (Wildman–Crippen MR) is 72.0 cm³/mol. The maximum Gasteiger partial charge on any atom is 0.237 e. The van der Waals surface area contributed by atoms with Crippen LogP contribution in [0, 0.1) is 5.41 Å². The van der Waals surface area contributed by atoms with E-state index in [1.807, 2.05) is 0 Å². The molecule has 1 amide bonds. The van der Waals surface area contributed by atoms with Crippen LogP contribution in [0.1, 0.15) is 59.3 Å². The second-order valence-corrected chi connectivity index (χ2v) is 5.99. The zero-order chi connectivity index (χ0) is 12.7. The molecular formula is C14H28N2O. The summed E-state index contributed by atoms with van der Waals surface area (Å²) in [6.07, 6.45) is 7.12. The van der Waals surface area contributed by atoms with Crippen LogP contribution in [0.2, 0.25) is 0 Å². The number of hydrogen-bond donors (Lipinski definition) is 2. The quantitative estimate of drug-likeness (QED) is 0.671. The number of nitrogens with one attached hydrogen (secondary N) is 2. The second-order valence-electron chi connectivity index (χ2n) is 5.99. The van der Waals surface area contributed by atoms with Gasteiger partial charge in [-0.15, -0.1) is 0 Å². The van der Waals surface area contributed by atoms with Crippen molar-refractivity contribution in [2.24, 2.45) is 5.41 Å². The monoisotopic (exact) mass is 240 g/mol. The summed E-state index contributed by atoms with van der Waals surface area (Å²) in [5, 5.41) is 6.32. The molecule has 3 nitrogen and oxygen atoms in total. The molecule has 0 radical (unpaired) electrons. The minimum atomic E-state index is 0.0569. The first-order chi connectivity index (χ1) is 8.05. The van der Waals surface area contributed by atoms with Crippen LogP contribution >= 0.6 is 0 Å². The van der Waals surface area contributed by atoms with Crippen molar-refractivity contribution >= 4 is 5.91 Å². The fourth-order valence-corrected chi connectivity index (χ4v) is 2.30. The Morgan fingerprint density at radius 2 is 2.18 bits per heavy atom. The van der Waals surface area contributed by atoms with Crippen molar-refractivity contribution in [3.63, 3.8) is 0 Å². The van der Waals surface area contributed by atoms with Crippen molar-refractivity contribution in [2.75, 3.05) is 13.1 Å². The van der Waals surface area contributed by atoms with Gasteiger partial charge in [-0.3, -0.25) is 4.79 Å². The molecule has 1 saturated heterocycles. The average molecular weight is 240 g/mol. The number of carbonyl (C=O) groups is 1. The van der Waals surface area contributed by atoms with E-state index in [1.165, 1.54) is 25.7 Å². The highest BCUT2D eigenvalue weighted by molar-refractivity contribution is 5.82. The molecule has 1 fully saturated rings. The van der Waals surface area contributed by atoms with Crippen molar-refractivity contribution in [2.45, 2.75) is 65.3 Å². The van der Waals surface area contributed by atoms with Gasteiger partial charge in [0, 0.05) is 6.54 Å². The zero-order valence-corrected chi connectivity index (χ0v) is 11.6. The maximum absolute atomic E-state index is 11.8. The lowest BCUT2D eigenvalue weighted by atomic mass is 9.87. The van der Waals surface area contributed by atoms with Crippen LogP contribution in [0.25, 0.3) is 0 Å². The summed E-state index contributed by atoms with van der Waals surface area (Å²) in [5.74, 6) is 0.186. The van der Waals surface area contributed by atoms with Gasteiger partial charge in [0.25, 0.3) is 0 Å². The summed E-state index contributed by atoms with van der Waals surface area (Å²) in [6, 6.07) is 0.0569. The van der Waals surface area contributed by atoms with Crippen LogP contribution < -0.4 is 10.6 Å². The maximum atomic E-state index is 11.8. The van der Waals surface area contributed by atoms with Crippen LogP contribution in [-0.4, -0.2) is 25.0 Å². The first-order valence-electron chi connectivity index (χ1n) is 7.06. The molecule has 0 bridgehead atoms. The van der Waals surface area contributed by atoms with Gasteiger partial charge in [0.1, 0.15) is 0 Å². The van der Waals surface area contributed by atoms with Crippen LogP contribution in [0.4, 0.5) is 0 Å². The van der Waals surface area contributed by atoms with Gasteiger partial charge in [-0.05, 0) is 31.2 Å². The third-order valence-electron chi connectivity index (χ3n) is 3.58. The van der Waals surface area contributed by atoms with Gasteiger partial charge in [0.2, 0.25) is 5.91 Å². The SMILES string of the molecule is CCCCCC(C)(C)CNC(=O)[C@@H]1CCCN1. The summed E-state index contributed by atoms with van der Waals surface area (Å²) in [5.41, 5.74) is 0.226. The molecule has 1 heterocycles. The fraction of sp³-hybridized carbons (Fsp3) is 0.929. The van der Waals surface area contributed by atoms with E-state index in [1.54, 1.807) is 0 Å². The summed E-state index contributed by atoms with van der Waals surface area (Å²) < 4.78 is 0. The number of amides is 1. The summed E-state index contributed by atoms with van der Waals surface area (Å²) in [6.45, 7) is 8.49. The third-order valence-corrected chi connectivity index (χ3v) is 3.58. The summed E-state index contributed by atoms with van der Waals surface area (Å²) >= 11 is 0. The number of unbranched alkanes of at least 4 members (excludes halogenated alkanes) is 2. The molecule has 1 atom stereocenters. The van der Waals surface area contributed by atoms with Crippen molar-refractivity contribution < 1.29 is 4.79 Å². The lowest BCUT2D eigenvalue weighted by molar-refractivity contribution is -0.123. The Labute approximate surface area is 106 Å². The van der Waals surface area contributed by atoms with E-state index in [9.17, 15) is 4.79 Å². The van der Waals surface area contributed by atoms with Gasteiger partial charge in [0.15, 0.2) is 0 Å². The molecule has 0 aromatic rings. The van der Waals surface area contributed by atoms with Crippen LogP contribution in [-0.2, 0) is 4.79 Å². The topological polar surface area (TPSA) is 41.1 Å². The van der Waals surface area contributed by atoms with E-state index in [0.29, 0.717) is 0 Å². The molecule has 0 aromatic carbocycles. The van der Waals surface area contributed by atoms with Crippen LogP contribution in [0.15, 0.2) is 0 Å². The Balaban J connectivity index is 2.20. The van der Waals surface area contributed by atoms with Gasteiger partial charge >= 0.3 is 0 Å². The normalized spacial score (nSPS) is 20.5. The molecule has 0 aliphatic carbocycles. The average Bonchev–Trinajstić information content (AvgIpc) is 2.80. The largest absolute Gasteiger partial charge is 0.354 e. The van der Waals surface area contributed by atoms with Gasteiger partial charge in [-0.25, -0.2) is 0 Å². The molecule has 0 saturated carbocycles. The predicted octanol–water partition coefficient (Wildman–Crippen LogP) is 2.46. The van der Waals surface area contributed by atoms with Crippen molar-refractivity contribution in [3.8, 4) is 0 Å². The van der Waals surface area contributed by atoms with Gasteiger partial charge in [-0.1, -0.05) is 40.0 Å². The molecule has 1 rings (SSSR count). The molecule has 2 N–H and O–H groups in total. The highest BCUT2D eigenvalue weighted by atomic mass is 16.2. The van der Waals surface area contributed by atoms with E-state index >= 15 is 0 Å². The highest BCUT2D eigenvalue weighted by Crippen LogP contribution is 2.22. The highest BCUT2D eigenvalue weighted by Gasteiger charge is 2.24. The van der Waals surface area contributed by atoms with Crippen LogP contribution in [0.3, 0.4) is 0 Å². The van der Waals surface area contributed by atoms with Gasteiger partial charge in [-0.2, -0.15) is 0 Å². The van der Waals surface area contributed by atoms with Gasteiger partial charge in [0.05, 0.1) is 6.04 Å². The Bertz CT molecular complexity index is 232. The van der Waals surface area contributed by atoms with Crippen molar-refractivity contribution in [3.05, 3.63) is 0 Å². The van der Waals surface area contributed by atoms with E-state index in [0.717, 1.165) is 25.9 Å². The lowest BCUT2D eigenvalue weighted by Crippen LogP contribution is -2.43. The smallest absolute Gasteiger partial charge is 0.237 e. The molecule has 100 valence electrons. The molecule has 17 heavy (non-hydrogen) atoms. The van der Waals surface area contributed by atoms with E-state index < -0.39 is 0 Å². The molecular weight excluding hydrogens is 212 g/mol. The zero-order valence-electron chi connectivity index (χ0n) is 11.6. The minimum absolute atomic E-state index is 0.0569. The van der Waals surface area contributed by atoms with Gasteiger partial charge < -0.3 is 10.6 Å². The third kappa shape index (κ3) is 5.53. The first-order valence-corrected chi connectivity index (χ1v) is 7.06. The second kappa shape index (κ2) is 7.00. The molecule has 0 spiro atoms. The van der Waals surface area contributed by atoms with E-state index in [-0.39, 0.29) is 17.4 Å². The van der Waals surface area contributed by atoms with Crippen molar-refractivity contribution in [1.82, 2.24) is 10.6 Å². The van der Waals surface area contributed by atoms with E-state index in [2.05, 4.69) is 31.4 Å². The van der Waals surface area contributed by atoms with E-state index in [4.69, 9.17) is 0 Å². The van der Waals surface area contributed by atoms with Crippen LogP contribution in [0.5, 0.6) is 0 Å². The summed E-state index contributed by atoms with van der Waals surface area (Å²) in [7, 11) is 0.